The predicted octanol–water partition coefficient (Wildman–Crippen LogP) is 5.49. The van der Waals surface area contributed by atoms with Crippen LogP contribution in [-0.4, -0.2) is 53.7 Å². The van der Waals surface area contributed by atoms with Gasteiger partial charge in [-0.25, -0.2) is 18.7 Å². The van der Waals surface area contributed by atoms with E-state index in [4.69, 9.17) is 16.3 Å². The number of ether oxygens (including phenoxy) is 1. The molecule has 0 atom stereocenters. The summed E-state index contributed by atoms with van der Waals surface area (Å²) in [6.45, 7) is 2.28. The zero-order valence-electron chi connectivity index (χ0n) is 19.2. The Morgan fingerprint density at radius 2 is 2.06 bits per heavy atom. The normalized spacial score (nSPS) is 15.0. The molecule has 1 aliphatic rings. The van der Waals surface area contributed by atoms with E-state index in [0.717, 1.165) is 19.6 Å². The van der Waals surface area contributed by atoms with Crippen molar-refractivity contribution in [2.24, 2.45) is 0 Å². The summed E-state index contributed by atoms with van der Waals surface area (Å²) in [7, 11) is 1.51. The van der Waals surface area contributed by atoms with Gasteiger partial charge >= 0.3 is 0 Å². The van der Waals surface area contributed by atoms with Gasteiger partial charge in [0.1, 0.15) is 29.9 Å². The summed E-state index contributed by atoms with van der Waals surface area (Å²) in [6, 6.07) is 7.69. The highest BCUT2D eigenvalue weighted by molar-refractivity contribution is 6.31. The Morgan fingerprint density at radius 3 is 2.80 bits per heavy atom. The minimum absolute atomic E-state index is 0.0123. The third kappa shape index (κ3) is 6.43. The van der Waals surface area contributed by atoms with Gasteiger partial charge in [0.2, 0.25) is 5.91 Å². The Balaban J connectivity index is 1.47. The summed E-state index contributed by atoms with van der Waals surface area (Å²) in [4.78, 5) is 23.3. The smallest absolute Gasteiger partial charge is 0.248 e. The van der Waals surface area contributed by atoms with Crippen LogP contribution in [0.4, 0.5) is 26.0 Å². The largest absolute Gasteiger partial charge is 0.494 e. The monoisotopic (exact) mass is 501 g/mol. The lowest BCUT2D eigenvalue weighted by Crippen LogP contribution is -2.34. The van der Waals surface area contributed by atoms with E-state index in [1.807, 2.05) is 0 Å². The number of alkyl halides is 1. The first-order valence-electron chi connectivity index (χ1n) is 11.3. The predicted molar refractivity (Wildman–Crippen MR) is 134 cm³/mol. The second-order valence-corrected chi connectivity index (χ2v) is 8.65. The summed E-state index contributed by atoms with van der Waals surface area (Å²) >= 11 is 5.89. The maximum Gasteiger partial charge on any atom is 0.248 e. The van der Waals surface area contributed by atoms with Gasteiger partial charge < -0.3 is 20.3 Å². The quantitative estimate of drug-likeness (QED) is 0.397. The molecular formula is C25H26ClF2N5O2. The highest BCUT2D eigenvalue weighted by atomic mass is 35.5. The average molecular weight is 502 g/mol. The lowest BCUT2D eigenvalue weighted by Gasteiger charge is -2.27. The van der Waals surface area contributed by atoms with Crippen molar-refractivity contribution >= 4 is 45.6 Å². The minimum Gasteiger partial charge on any atom is -0.494 e. The molecule has 7 nitrogen and oxygen atoms in total. The van der Waals surface area contributed by atoms with Crippen molar-refractivity contribution in [3.8, 4) is 5.75 Å². The van der Waals surface area contributed by atoms with Crippen molar-refractivity contribution in [1.29, 1.82) is 0 Å². The van der Waals surface area contributed by atoms with Gasteiger partial charge in [-0.2, -0.15) is 0 Å². The summed E-state index contributed by atoms with van der Waals surface area (Å²) in [5, 5.41) is 6.57. The molecule has 0 spiro atoms. The first-order chi connectivity index (χ1) is 16.9. The van der Waals surface area contributed by atoms with Gasteiger partial charge in [0.25, 0.3) is 0 Å². The van der Waals surface area contributed by atoms with Crippen molar-refractivity contribution in [2.45, 2.75) is 25.4 Å². The zero-order valence-corrected chi connectivity index (χ0v) is 20.0. The fourth-order valence-corrected chi connectivity index (χ4v) is 4.09. The Kier molecular flexibility index (Phi) is 8.09. The van der Waals surface area contributed by atoms with Crippen molar-refractivity contribution in [2.75, 3.05) is 37.4 Å². The van der Waals surface area contributed by atoms with Crippen LogP contribution in [0.25, 0.3) is 10.9 Å². The number of fused-ring (bicyclic) bond motifs is 1. The molecule has 2 heterocycles. The number of halogens is 3. The first-order valence-corrected chi connectivity index (χ1v) is 11.7. The van der Waals surface area contributed by atoms with Gasteiger partial charge in [-0.15, -0.1) is 0 Å². The molecule has 35 heavy (non-hydrogen) atoms. The third-order valence-corrected chi connectivity index (χ3v) is 6.08. The molecule has 2 N–H and O–H groups in total. The number of carbonyl (C=O) groups is 1. The second kappa shape index (κ2) is 11.4. The van der Waals surface area contributed by atoms with E-state index in [2.05, 4.69) is 25.5 Å². The number of carbonyl (C=O) groups excluding carboxylic acids is 1. The summed E-state index contributed by atoms with van der Waals surface area (Å²) in [5.41, 5.74) is 1.60. The Bertz CT molecular complexity index is 1230. The first kappa shape index (κ1) is 24.8. The lowest BCUT2D eigenvalue weighted by atomic mass is 10.1. The number of nitrogens with zero attached hydrogens (tertiary/aromatic N) is 3. The van der Waals surface area contributed by atoms with E-state index in [-0.39, 0.29) is 10.9 Å². The molecule has 1 aromatic heterocycles. The molecule has 1 aliphatic heterocycles. The number of benzene rings is 2. The van der Waals surface area contributed by atoms with Crippen molar-refractivity contribution in [1.82, 2.24) is 14.9 Å². The lowest BCUT2D eigenvalue weighted by molar-refractivity contribution is -0.111. The Morgan fingerprint density at radius 1 is 1.26 bits per heavy atom. The van der Waals surface area contributed by atoms with Crippen LogP contribution in [0.15, 0.2) is 48.8 Å². The summed E-state index contributed by atoms with van der Waals surface area (Å²) in [6.07, 6.45) is 5.82. The number of hydrogen-bond donors (Lipinski definition) is 2. The minimum atomic E-state index is -0.695. The van der Waals surface area contributed by atoms with Gasteiger partial charge in [0.15, 0.2) is 0 Å². The molecule has 1 saturated heterocycles. The second-order valence-electron chi connectivity index (χ2n) is 8.24. The molecule has 0 aliphatic carbocycles. The molecule has 10 heteroatoms. The molecule has 4 rings (SSSR count). The highest BCUT2D eigenvalue weighted by Gasteiger charge is 2.17. The van der Waals surface area contributed by atoms with Crippen LogP contribution in [0.2, 0.25) is 5.02 Å². The summed E-state index contributed by atoms with van der Waals surface area (Å²) in [5.74, 6) is 0.0879. The fourth-order valence-electron chi connectivity index (χ4n) is 3.91. The number of anilines is 3. The summed E-state index contributed by atoms with van der Waals surface area (Å²) < 4.78 is 32.2. The van der Waals surface area contributed by atoms with E-state index in [9.17, 15) is 13.6 Å². The van der Waals surface area contributed by atoms with Crippen LogP contribution < -0.4 is 15.4 Å². The van der Waals surface area contributed by atoms with Gasteiger partial charge in [0.05, 0.1) is 23.3 Å². The number of amides is 1. The number of nitrogens with one attached hydrogen (secondary N) is 2. The molecule has 0 unspecified atom stereocenters. The molecule has 0 radical (unpaired) electrons. The van der Waals surface area contributed by atoms with Gasteiger partial charge in [-0.1, -0.05) is 17.7 Å². The Hall–Kier alpha value is -3.30. The topological polar surface area (TPSA) is 79.4 Å². The van der Waals surface area contributed by atoms with E-state index < -0.39 is 12.0 Å². The number of methoxy groups -OCH3 is 1. The van der Waals surface area contributed by atoms with Crippen LogP contribution in [-0.2, 0) is 4.79 Å². The van der Waals surface area contributed by atoms with Crippen molar-refractivity contribution in [3.63, 3.8) is 0 Å². The fraction of sp³-hybridized carbons (Fsp3) is 0.320. The maximum absolute atomic E-state index is 13.5. The number of piperidine rings is 1. The molecular weight excluding hydrogens is 476 g/mol. The average Bonchev–Trinajstić information content (AvgIpc) is 2.85. The van der Waals surface area contributed by atoms with Crippen LogP contribution >= 0.6 is 11.6 Å². The third-order valence-electron chi connectivity index (χ3n) is 5.80. The van der Waals surface area contributed by atoms with Crippen LogP contribution in [0.3, 0.4) is 0 Å². The molecule has 0 bridgehead atoms. The zero-order chi connectivity index (χ0) is 24.8. The molecule has 1 amide bonds. The molecule has 3 aromatic rings. The van der Waals surface area contributed by atoms with Crippen LogP contribution in [0.1, 0.15) is 19.3 Å². The van der Waals surface area contributed by atoms with Gasteiger partial charge in [-0.05, 0) is 49.6 Å². The van der Waals surface area contributed by atoms with Crippen molar-refractivity contribution in [3.05, 3.63) is 59.7 Å². The standard InChI is InChI=1S/C25H26ClF2N5O2/c1-35-23-14-21-18(25(30-15-29-21)31-17-5-6-20(28)19(26)12-17)13-22(23)32-24(34)4-2-3-9-33-10-7-16(27)8-11-33/h2,4-6,12-16H,3,7-11H2,1H3,(H,32,34)(H,29,30,31). The molecule has 0 saturated carbocycles. The number of hydrogen-bond acceptors (Lipinski definition) is 6. The van der Waals surface area contributed by atoms with Crippen LogP contribution in [0, 0.1) is 5.82 Å². The van der Waals surface area contributed by atoms with E-state index in [1.54, 1.807) is 24.3 Å². The van der Waals surface area contributed by atoms with Gasteiger partial charge in [0, 0.05) is 36.8 Å². The van der Waals surface area contributed by atoms with Gasteiger partial charge in [-0.3, -0.25) is 4.79 Å². The van der Waals surface area contributed by atoms with E-state index in [1.165, 1.54) is 31.6 Å². The highest BCUT2D eigenvalue weighted by Crippen LogP contribution is 2.33. The number of rotatable bonds is 8. The molecule has 1 fully saturated rings. The van der Waals surface area contributed by atoms with E-state index >= 15 is 0 Å². The SMILES string of the molecule is COc1cc2ncnc(Nc3ccc(F)c(Cl)c3)c2cc1NC(=O)C=CCCN1CCC(F)CC1. The maximum atomic E-state index is 13.5. The molecule has 2 aromatic carbocycles. The number of aromatic nitrogens is 2. The number of likely N-dealkylation sites (tertiary alicyclic amines) is 1. The van der Waals surface area contributed by atoms with Crippen LogP contribution in [0.5, 0.6) is 5.75 Å². The molecule has 184 valence electrons. The van der Waals surface area contributed by atoms with Crippen molar-refractivity contribution < 1.29 is 18.3 Å². The van der Waals surface area contributed by atoms with E-state index in [0.29, 0.717) is 53.1 Å². The Labute approximate surface area is 207 Å².